The summed E-state index contributed by atoms with van der Waals surface area (Å²) < 4.78 is 0. The summed E-state index contributed by atoms with van der Waals surface area (Å²) in [4.78, 5) is 15.4. The smallest absolute Gasteiger partial charge is 0.229 e. The van der Waals surface area contributed by atoms with Gasteiger partial charge in [0, 0.05) is 42.9 Å². The lowest BCUT2D eigenvalue weighted by Gasteiger charge is -2.14. The van der Waals surface area contributed by atoms with Gasteiger partial charge in [-0.25, -0.2) is 9.97 Å². The highest BCUT2D eigenvalue weighted by Crippen LogP contribution is 2.33. The summed E-state index contributed by atoms with van der Waals surface area (Å²) >= 11 is 0. The maximum absolute atomic E-state index is 4.65. The van der Waals surface area contributed by atoms with Crippen molar-refractivity contribution in [2.24, 2.45) is 0 Å². The molecule has 3 aromatic rings. The van der Waals surface area contributed by atoms with Crippen molar-refractivity contribution >= 4 is 34.6 Å². The van der Waals surface area contributed by atoms with Gasteiger partial charge in [-0.1, -0.05) is 32.9 Å². The Balaban J connectivity index is 0.00000103. The number of anilines is 6. The zero-order chi connectivity index (χ0) is 24.5. The highest BCUT2D eigenvalue weighted by atomic mass is 15.2. The van der Waals surface area contributed by atoms with E-state index in [0.717, 1.165) is 52.8 Å². The normalized spacial score (nSPS) is 11.6. The first kappa shape index (κ1) is 24.8. The number of aryl methyl sites for hydroxylation is 1. The van der Waals surface area contributed by atoms with Gasteiger partial charge in [0.05, 0.1) is 11.9 Å². The average molecular weight is 458 g/mol. The van der Waals surface area contributed by atoms with Crippen molar-refractivity contribution < 1.29 is 0 Å². The van der Waals surface area contributed by atoms with Crippen molar-refractivity contribution in [3.8, 4) is 0 Å². The van der Waals surface area contributed by atoms with Crippen molar-refractivity contribution in [3.63, 3.8) is 0 Å². The minimum atomic E-state index is 0.509. The molecule has 3 N–H and O–H groups in total. The minimum Gasteiger partial charge on any atom is -0.363 e. The largest absolute Gasteiger partial charge is 0.363 e. The minimum absolute atomic E-state index is 0.509. The standard InChI is InChI=1S/C24H27N7.C3H8/c1-5-21(17-9-10-17)27-18-7-6-8-19(13-18)28-23-16(2)14-26-24(30-23)29-20-11-12-22(25-15-20)31(3)4;1-3-2/h5-8,11-15,27H,1,9-10H2,2-4H3,(H2,26,28,29,30);3H2,1-2H3. The van der Waals surface area contributed by atoms with Crippen molar-refractivity contribution in [2.45, 2.75) is 40.0 Å². The van der Waals surface area contributed by atoms with Gasteiger partial charge < -0.3 is 20.9 Å². The molecular weight excluding hydrogens is 422 g/mol. The Hall–Kier alpha value is -3.87. The average Bonchev–Trinajstić information content (AvgIpc) is 3.66. The second kappa shape index (κ2) is 11.8. The number of nitrogens with zero attached hydrogens (tertiary/aromatic N) is 4. The topological polar surface area (TPSA) is 78.0 Å². The number of pyridine rings is 1. The molecule has 0 saturated heterocycles. The maximum atomic E-state index is 4.65. The molecular formula is C27H35N7. The first-order valence-electron chi connectivity index (χ1n) is 11.7. The zero-order valence-corrected chi connectivity index (χ0v) is 20.8. The molecule has 34 heavy (non-hydrogen) atoms. The van der Waals surface area contributed by atoms with E-state index >= 15 is 0 Å². The molecule has 0 aliphatic heterocycles. The van der Waals surface area contributed by atoms with Crippen LogP contribution in [-0.2, 0) is 0 Å². The van der Waals surface area contributed by atoms with Crippen LogP contribution >= 0.6 is 0 Å². The van der Waals surface area contributed by atoms with E-state index in [2.05, 4.69) is 57.4 Å². The molecule has 0 amide bonds. The van der Waals surface area contributed by atoms with Crippen LogP contribution in [0.4, 0.5) is 34.6 Å². The Bertz CT molecular complexity index is 1130. The maximum Gasteiger partial charge on any atom is 0.229 e. The van der Waals surface area contributed by atoms with E-state index in [1.54, 1.807) is 12.4 Å². The van der Waals surface area contributed by atoms with E-state index in [0.29, 0.717) is 5.95 Å². The molecule has 7 heteroatoms. The number of rotatable bonds is 8. The molecule has 0 bridgehead atoms. The van der Waals surface area contributed by atoms with Crippen LogP contribution in [0.5, 0.6) is 0 Å². The van der Waals surface area contributed by atoms with E-state index < -0.39 is 0 Å². The number of benzene rings is 1. The number of aromatic nitrogens is 3. The molecule has 4 rings (SSSR count). The van der Waals surface area contributed by atoms with Gasteiger partial charge in [-0.2, -0.15) is 4.98 Å². The summed E-state index contributed by atoms with van der Waals surface area (Å²) in [6.07, 6.45) is 9.00. The van der Waals surface area contributed by atoms with E-state index in [1.807, 2.05) is 62.3 Å². The Labute approximate surface area is 203 Å². The number of nitrogens with one attached hydrogen (secondary N) is 3. The summed E-state index contributed by atoms with van der Waals surface area (Å²) in [7, 11) is 3.92. The summed E-state index contributed by atoms with van der Waals surface area (Å²) in [5.74, 6) is 2.15. The van der Waals surface area contributed by atoms with Crippen molar-refractivity contribution in [3.05, 3.63) is 78.3 Å². The van der Waals surface area contributed by atoms with Gasteiger partial charge >= 0.3 is 0 Å². The fourth-order valence-electron chi connectivity index (χ4n) is 3.06. The first-order chi connectivity index (χ1) is 16.4. The van der Waals surface area contributed by atoms with Crippen LogP contribution in [0, 0.1) is 6.92 Å². The summed E-state index contributed by atoms with van der Waals surface area (Å²) in [6, 6.07) is 12.0. The van der Waals surface area contributed by atoms with Crippen LogP contribution in [0.1, 0.15) is 38.7 Å². The predicted molar refractivity (Wildman–Crippen MR) is 144 cm³/mol. The van der Waals surface area contributed by atoms with Crippen LogP contribution in [0.2, 0.25) is 0 Å². The quantitative estimate of drug-likeness (QED) is 0.343. The summed E-state index contributed by atoms with van der Waals surface area (Å²) in [5.41, 5.74) is 6.27. The third-order valence-electron chi connectivity index (χ3n) is 4.92. The SMILES string of the molecule is C=CC(Nc1cccc(Nc2nc(Nc3ccc(N(C)C)nc3)ncc2C)c1)=C1CC1.CCC. The Morgan fingerprint density at radius 2 is 1.74 bits per heavy atom. The molecule has 1 aromatic carbocycles. The van der Waals surface area contributed by atoms with E-state index in [1.165, 1.54) is 12.0 Å². The zero-order valence-electron chi connectivity index (χ0n) is 20.8. The third-order valence-corrected chi connectivity index (χ3v) is 4.92. The molecule has 1 aliphatic rings. The number of hydrogen-bond donors (Lipinski definition) is 3. The molecule has 0 atom stereocenters. The van der Waals surface area contributed by atoms with Crippen LogP contribution in [0.3, 0.4) is 0 Å². The lowest BCUT2D eigenvalue weighted by atomic mass is 10.2. The molecule has 1 saturated carbocycles. The van der Waals surface area contributed by atoms with Crippen molar-refractivity contribution in [2.75, 3.05) is 34.9 Å². The van der Waals surface area contributed by atoms with Crippen LogP contribution in [0.15, 0.2) is 72.7 Å². The van der Waals surface area contributed by atoms with Gasteiger partial charge in [-0.05, 0) is 61.7 Å². The molecule has 2 heterocycles. The van der Waals surface area contributed by atoms with Crippen molar-refractivity contribution in [1.82, 2.24) is 15.0 Å². The first-order valence-corrected chi connectivity index (χ1v) is 11.7. The highest BCUT2D eigenvalue weighted by Gasteiger charge is 2.16. The second-order valence-corrected chi connectivity index (χ2v) is 8.41. The number of hydrogen-bond acceptors (Lipinski definition) is 7. The highest BCUT2D eigenvalue weighted by molar-refractivity contribution is 5.67. The predicted octanol–water partition coefficient (Wildman–Crippen LogP) is 6.80. The molecule has 1 fully saturated rings. The second-order valence-electron chi connectivity index (χ2n) is 8.41. The fourth-order valence-corrected chi connectivity index (χ4v) is 3.06. The van der Waals surface area contributed by atoms with E-state index in [9.17, 15) is 0 Å². The summed E-state index contributed by atoms with van der Waals surface area (Å²) in [6.45, 7) is 10.1. The van der Waals surface area contributed by atoms with Gasteiger partial charge in [-0.3, -0.25) is 0 Å². The van der Waals surface area contributed by atoms with Crippen LogP contribution in [0.25, 0.3) is 0 Å². The molecule has 1 aliphatic carbocycles. The third kappa shape index (κ3) is 7.07. The lowest BCUT2D eigenvalue weighted by molar-refractivity contribution is 1.07. The fraction of sp³-hybridized carbons (Fsp3) is 0.296. The van der Waals surface area contributed by atoms with E-state index in [4.69, 9.17) is 0 Å². The van der Waals surface area contributed by atoms with Gasteiger partial charge in [-0.15, -0.1) is 0 Å². The van der Waals surface area contributed by atoms with E-state index in [-0.39, 0.29) is 0 Å². The van der Waals surface area contributed by atoms with Crippen LogP contribution in [-0.4, -0.2) is 29.0 Å². The summed E-state index contributed by atoms with van der Waals surface area (Å²) in [5, 5.41) is 10.1. The van der Waals surface area contributed by atoms with Crippen LogP contribution < -0.4 is 20.9 Å². The molecule has 178 valence electrons. The molecule has 2 aromatic heterocycles. The van der Waals surface area contributed by atoms with Crippen molar-refractivity contribution in [1.29, 1.82) is 0 Å². The van der Waals surface area contributed by atoms with Gasteiger partial charge in [0.25, 0.3) is 0 Å². The number of allylic oxidation sites excluding steroid dienone is 2. The molecule has 0 unspecified atom stereocenters. The lowest BCUT2D eigenvalue weighted by Crippen LogP contribution is -2.10. The monoisotopic (exact) mass is 457 g/mol. The molecule has 7 nitrogen and oxygen atoms in total. The van der Waals surface area contributed by atoms with Gasteiger partial charge in [0.2, 0.25) is 5.95 Å². The van der Waals surface area contributed by atoms with Gasteiger partial charge in [0.1, 0.15) is 11.6 Å². The molecule has 0 radical (unpaired) electrons. The molecule has 0 spiro atoms. The Kier molecular flexibility index (Phi) is 8.62. The van der Waals surface area contributed by atoms with Gasteiger partial charge in [0.15, 0.2) is 0 Å². The Morgan fingerprint density at radius 3 is 2.35 bits per heavy atom. The Morgan fingerprint density at radius 1 is 1.00 bits per heavy atom.